The minimum atomic E-state index is -1.03. The Balaban J connectivity index is 1.34. The number of thioether (sulfide) groups is 1. The number of amides is 2. The summed E-state index contributed by atoms with van der Waals surface area (Å²) in [5, 5.41) is 3.48. The van der Waals surface area contributed by atoms with E-state index in [-0.39, 0.29) is 11.4 Å². The van der Waals surface area contributed by atoms with Gasteiger partial charge in [0.25, 0.3) is 5.91 Å². The van der Waals surface area contributed by atoms with Crippen LogP contribution in [0.2, 0.25) is 0 Å². The van der Waals surface area contributed by atoms with Gasteiger partial charge in [-0.05, 0) is 51.4 Å². The van der Waals surface area contributed by atoms with E-state index in [0.29, 0.717) is 40.8 Å². The number of hydrogen-bond acceptors (Lipinski definition) is 5. The Bertz CT molecular complexity index is 852. The number of hydrogen-bond donors (Lipinski definition) is 1. The second-order valence-corrected chi connectivity index (χ2v) is 10.2. The van der Waals surface area contributed by atoms with Gasteiger partial charge in [-0.25, -0.2) is 9.38 Å². The number of nitrogens with one attached hydrogen (secondary N) is 1. The number of allylic oxidation sites excluding steroid dienone is 2. The minimum Gasteiger partial charge on any atom is -0.493 e. The van der Waals surface area contributed by atoms with E-state index in [4.69, 9.17) is 4.74 Å². The zero-order valence-electron chi connectivity index (χ0n) is 17.4. The molecule has 0 aromatic heterocycles. The van der Waals surface area contributed by atoms with Gasteiger partial charge in [-0.1, -0.05) is 0 Å². The molecule has 0 radical (unpaired) electrons. The highest BCUT2D eigenvalue weighted by Crippen LogP contribution is 2.35. The monoisotopic (exact) mass is 433 g/mol. The van der Waals surface area contributed by atoms with Crippen LogP contribution in [0.5, 0.6) is 0 Å². The Labute approximate surface area is 180 Å². The van der Waals surface area contributed by atoms with E-state index in [1.165, 1.54) is 6.08 Å². The maximum Gasteiger partial charge on any atom is 0.263 e. The lowest BCUT2D eigenvalue weighted by Gasteiger charge is -2.37. The number of carbonyl (C=O) groups is 2. The third kappa shape index (κ3) is 5.20. The van der Waals surface area contributed by atoms with Crippen molar-refractivity contribution in [3.05, 3.63) is 23.7 Å². The van der Waals surface area contributed by atoms with Crippen LogP contribution in [-0.4, -0.2) is 46.5 Å². The first kappa shape index (κ1) is 21.3. The van der Waals surface area contributed by atoms with Crippen molar-refractivity contribution < 1.29 is 18.7 Å². The number of halogens is 1. The molecule has 0 spiro atoms. The van der Waals surface area contributed by atoms with E-state index in [1.807, 2.05) is 0 Å². The summed E-state index contributed by atoms with van der Waals surface area (Å²) in [5.41, 5.74) is 0.251. The van der Waals surface area contributed by atoms with Gasteiger partial charge in [-0.15, -0.1) is 0 Å². The molecular formula is C22H28FN3O3S. The fourth-order valence-electron chi connectivity index (χ4n) is 4.12. The Kier molecular flexibility index (Phi) is 6.14. The first-order valence-corrected chi connectivity index (χ1v) is 11.7. The van der Waals surface area contributed by atoms with Gasteiger partial charge >= 0.3 is 0 Å². The van der Waals surface area contributed by atoms with Crippen molar-refractivity contribution in [1.82, 2.24) is 5.32 Å². The average Bonchev–Trinajstić information content (AvgIpc) is 3.49. The van der Waals surface area contributed by atoms with Crippen LogP contribution in [0.25, 0.3) is 0 Å². The molecule has 2 amide bonds. The second-order valence-electron chi connectivity index (χ2n) is 8.92. The van der Waals surface area contributed by atoms with Gasteiger partial charge in [0.05, 0.1) is 18.1 Å². The highest BCUT2D eigenvalue weighted by Gasteiger charge is 2.36. The molecule has 0 saturated heterocycles. The molecule has 2 saturated carbocycles. The van der Waals surface area contributed by atoms with Crippen molar-refractivity contribution in [2.75, 3.05) is 12.4 Å². The van der Waals surface area contributed by atoms with Crippen LogP contribution in [0.1, 0.15) is 52.4 Å². The van der Waals surface area contributed by atoms with Crippen LogP contribution in [0.15, 0.2) is 33.7 Å². The number of fused-ring (bicyclic) bond motifs is 1. The van der Waals surface area contributed by atoms with Crippen molar-refractivity contribution in [3.8, 4) is 0 Å². The summed E-state index contributed by atoms with van der Waals surface area (Å²) in [6, 6.07) is 0. The Morgan fingerprint density at radius 2 is 2.00 bits per heavy atom. The number of carbonyl (C=O) groups excluding carboxylic acids is 2. The first-order valence-electron chi connectivity index (χ1n) is 10.6. The van der Waals surface area contributed by atoms with Gasteiger partial charge in [0.2, 0.25) is 5.91 Å². The third-order valence-electron chi connectivity index (χ3n) is 6.03. The quantitative estimate of drug-likeness (QED) is 0.663. The topological polar surface area (TPSA) is 80.1 Å². The predicted octanol–water partition coefficient (Wildman–Crippen LogP) is 3.73. The number of nitrogens with zero attached hydrogens (tertiary/aromatic N) is 2. The lowest BCUT2D eigenvalue weighted by Crippen LogP contribution is -2.47. The summed E-state index contributed by atoms with van der Waals surface area (Å²) in [4.78, 5) is 32.3. The van der Waals surface area contributed by atoms with E-state index >= 15 is 0 Å². The summed E-state index contributed by atoms with van der Waals surface area (Å²) in [6.07, 6.45) is 9.08. The summed E-state index contributed by atoms with van der Waals surface area (Å²) >= 11 is 1.73. The highest BCUT2D eigenvalue weighted by atomic mass is 32.2. The van der Waals surface area contributed by atoms with Crippen LogP contribution in [0.3, 0.4) is 0 Å². The fraction of sp³-hybridized carbons (Fsp3) is 0.636. The Morgan fingerprint density at radius 3 is 2.67 bits per heavy atom. The molecule has 1 heterocycles. The second kappa shape index (κ2) is 8.65. The fourth-order valence-corrected chi connectivity index (χ4v) is 5.21. The van der Waals surface area contributed by atoms with Crippen molar-refractivity contribution >= 4 is 35.1 Å². The number of rotatable bonds is 7. The predicted molar refractivity (Wildman–Crippen MR) is 116 cm³/mol. The molecule has 6 nitrogen and oxygen atoms in total. The van der Waals surface area contributed by atoms with Gasteiger partial charge < -0.3 is 10.1 Å². The largest absolute Gasteiger partial charge is 0.493 e. The molecule has 3 aliphatic carbocycles. The molecule has 30 heavy (non-hydrogen) atoms. The summed E-state index contributed by atoms with van der Waals surface area (Å²) in [5.74, 6) is -0.116. The van der Waals surface area contributed by atoms with Crippen LogP contribution in [0, 0.1) is 11.8 Å². The minimum absolute atomic E-state index is 0.00588. The smallest absolute Gasteiger partial charge is 0.263 e. The number of amidine groups is 1. The SMILES string of the molecule is CC(=O)NC1(C)CCC(SCC2=NC(=O)C3C(F)=CC(OCC4CC4)=CC3=N2)CC1. The number of ether oxygens (including phenoxy) is 1. The summed E-state index contributed by atoms with van der Waals surface area (Å²) in [6.45, 7) is 4.22. The molecule has 0 aromatic rings. The molecule has 1 N–H and O–H groups in total. The molecule has 1 atom stereocenters. The maximum atomic E-state index is 14.5. The summed E-state index contributed by atoms with van der Waals surface area (Å²) < 4.78 is 20.1. The molecular weight excluding hydrogens is 405 g/mol. The molecule has 4 rings (SSSR count). The molecule has 8 heteroatoms. The van der Waals surface area contributed by atoms with E-state index < -0.39 is 17.7 Å². The van der Waals surface area contributed by atoms with Gasteiger partial charge in [0, 0.05) is 29.9 Å². The lowest BCUT2D eigenvalue weighted by molar-refractivity contribution is -0.121. The number of aliphatic imine (C=N–C) groups is 2. The van der Waals surface area contributed by atoms with Gasteiger partial charge in [-0.3, -0.25) is 9.59 Å². The third-order valence-corrected chi connectivity index (χ3v) is 7.40. The molecule has 0 aromatic carbocycles. The average molecular weight is 434 g/mol. The van der Waals surface area contributed by atoms with Crippen molar-refractivity contribution in [2.45, 2.75) is 63.2 Å². The molecule has 1 aliphatic heterocycles. The van der Waals surface area contributed by atoms with Gasteiger partial charge in [0.15, 0.2) is 0 Å². The zero-order chi connectivity index (χ0) is 21.3. The van der Waals surface area contributed by atoms with E-state index in [2.05, 4.69) is 22.2 Å². The van der Waals surface area contributed by atoms with Crippen molar-refractivity contribution in [1.29, 1.82) is 0 Å². The van der Waals surface area contributed by atoms with Crippen LogP contribution >= 0.6 is 11.8 Å². The van der Waals surface area contributed by atoms with Crippen molar-refractivity contribution in [3.63, 3.8) is 0 Å². The molecule has 0 bridgehead atoms. The lowest BCUT2D eigenvalue weighted by atomic mass is 9.83. The van der Waals surface area contributed by atoms with Crippen LogP contribution in [0.4, 0.5) is 4.39 Å². The molecule has 1 unspecified atom stereocenters. The van der Waals surface area contributed by atoms with Crippen LogP contribution < -0.4 is 5.32 Å². The van der Waals surface area contributed by atoms with E-state index in [0.717, 1.165) is 38.5 Å². The Hall–Kier alpha value is -1.96. The molecule has 4 aliphatic rings. The van der Waals surface area contributed by atoms with E-state index in [9.17, 15) is 14.0 Å². The van der Waals surface area contributed by atoms with Crippen LogP contribution in [-0.2, 0) is 14.3 Å². The molecule has 2 fully saturated rings. The summed E-state index contributed by atoms with van der Waals surface area (Å²) in [7, 11) is 0. The first-order chi connectivity index (χ1) is 14.3. The zero-order valence-corrected chi connectivity index (χ0v) is 18.3. The van der Waals surface area contributed by atoms with Crippen molar-refractivity contribution in [2.24, 2.45) is 21.8 Å². The van der Waals surface area contributed by atoms with Gasteiger partial charge in [-0.2, -0.15) is 16.8 Å². The maximum absolute atomic E-state index is 14.5. The highest BCUT2D eigenvalue weighted by molar-refractivity contribution is 8.00. The normalized spacial score (nSPS) is 31.1. The van der Waals surface area contributed by atoms with Gasteiger partial charge in [0.1, 0.15) is 23.3 Å². The van der Waals surface area contributed by atoms with E-state index in [1.54, 1.807) is 24.8 Å². The Morgan fingerprint density at radius 1 is 1.27 bits per heavy atom. The standard InChI is InChI=1S/C22H28FN3O3S/c1-13(27)26-22(2)7-5-16(6-8-22)30-12-19-24-18-10-15(29-11-14-3-4-14)9-17(23)20(18)21(28)25-19/h9-10,14,16,20H,3-8,11-12H2,1-2H3,(H,26,27). The molecule has 162 valence electrons.